The van der Waals surface area contributed by atoms with Gasteiger partial charge in [-0.2, -0.15) is 0 Å². The maximum Gasteiger partial charge on any atom is 0.191 e. The van der Waals surface area contributed by atoms with Gasteiger partial charge < -0.3 is 10.6 Å². The summed E-state index contributed by atoms with van der Waals surface area (Å²) in [7, 11) is 0. The first-order valence-electron chi connectivity index (χ1n) is 9.02. The highest BCUT2D eigenvalue weighted by Gasteiger charge is 2.06. The van der Waals surface area contributed by atoms with Crippen LogP contribution in [0.4, 0.5) is 0 Å². The molecule has 0 unspecified atom stereocenters. The number of hydrogen-bond donors (Lipinski definition) is 2. The lowest BCUT2D eigenvalue weighted by atomic mass is 10.2. The highest BCUT2D eigenvalue weighted by Crippen LogP contribution is 2.19. The number of hydrogen-bond acceptors (Lipinski definition) is 5. The van der Waals surface area contributed by atoms with Gasteiger partial charge in [0.1, 0.15) is 0 Å². The molecule has 0 atom stereocenters. The molecule has 0 aliphatic heterocycles. The second kappa shape index (κ2) is 10.5. The summed E-state index contributed by atoms with van der Waals surface area (Å²) in [5, 5.41) is 11.2. The standard InChI is InChI=1S/C18H29N5S2/c1-5-15-11-22-16(25-15)8-10-21-18(19-6-2)20-9-7-14-12-24-17(23-14)13(3)4/h11-13H,5-10H2,1-4H3,(H2,19,20,21). The number of rotatable bonds is 9. The molecule has 0 fully saturated rings. The number of thiazole rings is 2. The van der Waals surface area contributed by atoms with Crippen LogP contribution in [-0.2, 0) is 19.3 Å². The molecule has 0 spiro atoms. The minimum absolute atomic E-state index is 0.504. The first-order chi connectivity index (χ1) is 12.1. The lowest BCUT2D eigenvalue weighted by Gasteiger charge is -2.10. The smallest absolute Gasteiger partial charge is 0.191 e. The Hall–Kier alpha value is -1.47. The van der Waals surface area contributed by atoms with E-state index in [1.54, 1.807) is 22.7 Å². The second-order valence-electron chi connectivity index (χ2n) is 6.09. The van der Waals surface area contributed by atoms with Crippen molar-refractivity contribution in [3.63, 3.8) is 0 Å². The number of aromatic nitrogens is 2. The minimum atomic E-state index is 0.504. The van der Waals surface area contributed by atoms with Gasteiger partial charge in [0.25, 0.3) is 0 Å². The Morgan fingerprint density at radius 3 is 2.72 bits per heavy atom. The monoisotopic (exact) mass is 379 g/mol. The fraction of sp³-hybridized carbons (Fsp3) is 0.611. The summed E-state index contributed by atoms with van der Waals surface area (Å²) in [6.07, 6.45) is 4.85. The van der Waals surface area contributed by atoms with E-state index in [2.05, 4.69) is 58.7 Å². The van der Waals surface area contributed by atoms with Crippen LogP contribution in [0.5, 0.6) is 0 Å². The highest BCUT2D eigenvalue weighted by molar-refractivity contribution is 7.11. The van der Waals surface area contributed by atoms with Crippen LogP contribution >= 0.6 is 22.7 Å². The zero-order chi connectivity index (χ0) is 18.1. The van der Waals surface area contributed by atoms with Crippen LogP contribution in [-0.4, -0.2) is 35.6 Å². The number of guanidine groups is 1. The Balaban J connectivity index is 1.78. The van der Waals surface area contributed by atoms with Gasteiger partial charge in [0, 0.05) is 54.8 Å². The molecule has 138 valence electrons. The van der Waals surface area contributed by atoms with Gasteiger partial charge in [0.05, 0.1) is 15.7 Å². The lowest BCUT2D eigenvalue weighted by Crippen LogP contribution is -2.38. The molecule has 0 aliphatic carbocycles. The zero-order valence-corrected chi connectivity index (χ0v) is 17.3. The van der Waals surface area contributed by atoms with Crippen LogP contribution in [0.15, 0.2) is 16.6 Å². The molecule has 2 N–H and O–H groups in total. The molecule has 5 nitrogen and oxygen atoms in total. The molecule has 0 bridgehead atoms. The average molecular weight is 380 g/mol. The van der Waals surface area contributed by atoms with E-state index in [1.165, 1.54) is 14.9 Å². The maximum absolute atomic E-state index is 4.68. The molecule has 0 amide bonds. The zero-order valence-electron chi connectivity index (χ0n) is 15.6. The molecular weight excluding hydrogens is 350 g/mol. The first-order valence-corrected chi connectivity index (χ1v) is 10.7. The van der Waals surface area contributed by atoms with Gasteiger partial charge in [0.15, 0.2) is 5.96 Å². The number of nitrogens with one attached hydrogen (secondary N) is 2. The Bertz CT molecular complexity index is 660. The van der Waals surface area contributed by atoms with Crippen LogP contribution in [0.2, 0.25) is 0 Å². The summed E-state index contributed by atoms with van der Waals surface area (Å²) in [6.45, 7) is 11.1. The van der Waals surface area contributed by atoms with Gasteiger partial charge in [-0.05, 0) is 13.3 Å². The topological polar surface area (TPSA) is 62.2 Å². The minimum Gasteiger partial charge on any atom is -0.357 e. The summed E-state index contributed by atoms with van der Waals surface area (Å²) in [5.74, 6) is 1.37. The van der Waals surface area contributed by atoms with Crippen molar-refractivity contribution in [1.29, 1.82) is 0 Å². The molecule has 0 aromatic carbocycles. The molecule has 25 heavy (non-hydrogen) atoms. The van der Waals surface area contributed by atoms with Crippen LogP contribution < -0.4 is 10.6 Å². The SMILES string of the molecule is CCNC(=NCCc1ncc(CC)s1)NCCc1csc(C(C)C)n1. The average Bonchev–Trinajstić information content (AvgIpc) is 3.24. The third-order valence-corrected chi connectivity index (χ3v) is 6.02. The Morgan fingerprint density at radius 1 is 1.24 bits per heavy atom. The van der Waals surface area contributed by atoms with E-state index in [1.807, 2.05) is 6.20 Å². The number of aryl methyl sites for hydroxylation is 1. The van der Waals surface area contributed by atoms with E-state index >= 15 is 0 Å². The van der Waals surface area contributed by atoms with Crippen molar-refractivity contribution in [1.82, 2.24) is 20.6 Å². The molecule has 2 rings (SSSR count). The van der Waals surface area contributed by atoms with Crippen molar-refractivity contribution in [2.24, 2.45) is 4.99 Å². The molecule has 7 heteroatoms. The van der Waals surface area contributed by atoms with Crippen molar-refractivity contribution in [3.8, 4) is 0 Å². The predicted molar refractivity (Wildman–Crippen MR) is 109 cm³/mol. The van der Waals surface area contributed by atoms with E-state index in [9.17, 15) is 0 Å². The summed E-state index contributed by atoms with van der Waals surface area (Å²) in [4.78, 5) is 15.1. The van der Waals surface area contributed by atoms with Crippen LogP contribution in [0, 0.1) is 0 Å². The van der Waals surface area contributed by atoms with Gasteiger partial charge in [0.2, 0.25) is 0 Å². The maximum atomic E-state index is 4.68. The molecule has 0 aliphatic rings. The molecule has 0 radical (unpaired) electrons. The van der Waals surface area contributed by atoms with Crippen molar-refractivity contribution in [3.05, 3.63) is 32.2 Å². The van der Waals surface area contributed by atoms with Crippen molar-refractivity contribution < 1.29 is 0 Å². The molecule has 2 aromatic rings. The van der Waals surface area contributed by atoms with Crippen molar-refractivity contribution >= 4 is 28.6 Å². The first kappa shape index (κ1) is 19.8. The number of nitrogens with zero attached hydrogens (tertiary/aromatic N) is 3. The quantitative estimate of drug-likeness (QED) is 0.516. The van der Waals surface area contributed by atoms with E-state index in [4.69, 9.17) is 0 Å². The second-order valence-corrected chi connectivity index (χ2v) is 8.18. The Morgan fingerprint density at radius 2 is 2.08 bits per heavy atom. The predicted octanol–water partition coefficient (Wildman–Crippen LogP) is 3.63. The Labute approximate surface area is 159 Å². The van der Waals surface area contributed by atoms with Crippen molar-refractivity contribution in [2.45, 2.75) is 52.9 Å². The van der Waals surface area contributed by atoms with Gasteiger partial charge in [-0.1, -0.05) is 20.8 Å². The Kier molecular flexibility index (Phi) is 8.34. The van der Waals surface area contributed by atoms with E-state index in [0.717, 1.165) is 50.6 Å². The largest absolute Gasteiger partial charge is 0.357 e. The fourth-order valence-corrected chi connectivity index (χ4v) is 3.96. The lowest BCUT2D eigenvalue weighted by molar-refractivity contribution is 0.778. The molecule has 0 saturated heterocycles. The fourth-order valence-electron chi connectivity index (χ4n) is 2.24. The molecule has 0 saturated carbocycles. The highest BCUT2D eigenvalue weighted by atomic mass is 32.1. The third kappa shape index (κ3) is 6.74. The van der Waals surface area contributed by atoms with Gasteiger partial charge in [-0.15, -0.1) is 22.7 Å². The summed E-state index contributed by atoms with van der Waals surface area (Å²) < 4.78 is 0. The summed E-state index contributed by atoms with van der Waals surface area (Å²) in [5.41, 5.74) is 1.16. The van der Waals surface area contributed by atoms with Gasteiger partial charge in [-0.3, -0.25) is 4.99 Å². The summed E-state index contributed by atoms with van der Waals surface area (Å²) >= 11 is 3.54. The van der Waals surface area contributed by atoms with Crippen LogP contribution in [0.3, 0.4) is 0 Å². The van der Waals surface area contributed by atoms with Crippen LogP contribution in [0.1, 0.15) is 54.2 Å². The molecular formula is C18H29N5S2. The van der Waals surface area contributed by atoms with E-state index in [-0.39, 0.29) is 0 Å². The molecule has 2 heterocycles. The van der Waals surface area contributed by atoms with Crippen molar-refractivity contribution in [2.75, 3.05) is 19.6 Å². The summed E-state index contributed by atoms with van der Waals surface area (Å²) in [6, 6.07) is 0. The normalized spacial score (nSPS) is 12.0. The number of aliphatic imine (C=N–C) groups is 1. The van der Waals surface area contributed by atoms with Crippen LogP contribution in [0.25, 0.3) is 0 Å². The van der Waals surface area contributed by atoms with E-state index < -0.39 is 0 Å². The van der Waals surface area contributed by atoms with Gasteiger partial charge in [-0.25, -0.2) is 9.97 Å². The van der Waals surface area contributed by atoms with Gasteiger partial charge >= 0.3 is 0 Å². The molecule has 2 aromatic heterocycles. The van der Waals surface area contributed by atoms with E-state index in [0.29, 0.717) is 5.92 Å². The third-order valence-electron chi connectivity index (χ3n) is 3.63.